The Morgan fingerprint density at radius 3 is 2.79 bits per heavy atom. The van der Waals surface area contributed by atoms with Gasteiger partial charge in [0.05, 0.1) is 31.3 Å². The van der Waals surface area contributed by atoms with Crippen LogP contribution in [0, 0.1) is 13.8 Å². The average molecular weight is 479 g/mol. The van der Waals surface area contributed by atoms with Crippen molar-refractivity contribution in [3.05, 3.63) is 71.3 Å². The van der Waals surface area contributed by atoms with Crippen LogP contribution in [0.5, 0.6) is 11.5 Å². The normalized spacial score (nSPS) is 18.8. The first-order valence-electron chi connectivity index (χ1n) is 11.1. The lowest BCUT2D eigenvalue weighted by Gasteiger charge is -2.28. The number of fused-ring (bicyclic) bond motifs is 1. The molecule has 1 N–H and O–H groups in total. The molecular formula is C25H26N4O4S. The second-order valence-corrected chi connectivity index (χ2v) is 8.73. The third kappa shape index (κ3) is 3.86. The predicted octanol–water partition coefficient (Wildman–Crippen LogP) is 3.75. The van der Waals surface area contributed by atoms with E-state index in [1.807, 2.05) is 36.4 Å². The summed E-state index contributed by atoms with van der Waals surface area (Å²) in [5, 5.41) is 4.03. The number of ether oxygens (including phenoxy) is 3. The summed E-state index contributed by atoms with van der Waals surface area (Å²) in [6.45, 7) is 4.86. The highest BCUT2D eigenvalue weighted by atomic mass is 32.1. The number of carbonyl (C=O) groups is 1. The van der Waals surface area contributed by atoms with Crippen molar-refractivity contribution in [2.24, 2.45) is 0 Å². The van der Waals surface area contributed by atoms with Gasteiger partial charge in [0.15, 0.2) is 16.6 Å². The molecule has 0 spiro atoms. The summed E-state index contributed by atoms with van der Waals surface area (Å²) in [7, 11) is 1.40. The molecule has 176 valence electrons. The quantitative estimate of drug-likeness (QED) is 0.424. The van der Waals surface area contributed by atoms with Gasteiger partial charge in [0, 0.05) is 35.9 Å². The van der Waals surface area contributed by atoms with Gasteiger partial charge in [-0.15, -0.1) is 0 Å². The maximum absolute atomic E-state index is 11.9. The van der Waals surface area contributed by atoms with Crippen molar-refractivity contribution in [2.75, 3.05) is 20.4 Å². The fourth-order valence-electron chi connectivity index (χ4n) is 4.81. The molecule has 2 aromatic heterocycles. The standard InChI is InChI=1S/C25H26N4O4S/c1-15-12-18(16(2)29(15)17-7-8-20-21(13-17)33-14-32-20)24-23(19-6-4-5-10-26-19)27-25(34)28(24)11-9-22(30)31-3/h4-8,10,12-13,23-24H,9,11,14H2,1-3H3,(H,27,34)/t23-,24+/m1/s1. The molecule has 1 saturated heterocycles. The third-order valence-corrected chi connectivity index (χ3v) is 6.74. The Labute approximate surface area is 203 Å². The van der Waals surface area contributed by atoms with Gasteiger partial charge in [0.2, 0.25) is 6.79 Å². The monoisotopic (exact) mass is 478 g/mol. The first kappa shape index (κ1) is 22.2. The highest BCUT2D eigenvalue weighted by Crippen LogP contribution is 2.42. The van der Waals surface area contributed by atoms with E-state index in [0.717, 1.165) is 39.8 Å². The van der Waals surface area contributed by atoms with E-state index in [1.54, 1.807) is 6.20 Å². The summed E-state index contributed by atoms with van der Waals surface area (Å²) in [5.74, 6) is 1.22. The second-order valence-electron chi connectivity index (χ2n) is 8.35. The fourth-order valence-corrected chi connectivity index (χ4v) is 5.14. The smallest absolute Gasteiger partial charge is 0.307 e. The Bertz CT molecular complexity index is 1240. The lowest BCUT2D eigenvalue weighted by molar-refractivity contribution is -0.140. The third-order valence-electron chi connectivity index (χ3n) is 6.39. The molecule has 2 atom stereocenters. The van der Waals surface area contributed by atoms with E-state index >= 15 is 0 Å². The Kier molecular flexibility index (Phi) is 5.87. The molecule has 0 radical (unpaired) electrons. The summed E-state index contributed by atoms with van der Waals surface area (Å²) in [5.41, 5.74) is 5.16. The first-order chi connectivity index (χ1) is 16.5. The van der Waals surface area contributed by atoms with Gasteiger partial charge in [-0.3, -0.25) is 9.78 Å². The van der Waals surface area contributed by atoms with Crippen LogP contribution in [0.1, 0.15) is 41.1 Å². The highest BCUT2D eigenvalue weighted by Gasteiger charge is 2.41. The topological polar surface area (TPSA) is 77.9 Å². The van der Waals surface area contributed by atoms with Crippen LogP contribution in [0.4, 0.5) is 0 Å². The van der Waals surface area contributed by atoms with E-state index in [-0.39, 0.29) is 31.3 Å². The zero-order chi connectivity index (χ0) is 23.8. The molecule has 2 aliphatic heterocycles. The Balaban J connectivity index is 1.57. The minimum absolute atomic E-state index is 0.138. The molecule has 9 heteroatoms. The van der Waals surface area contributed by atoms with Gasteiger partial charge in [-0.05, 0) is 62.0 Å². The van der Waals surface area contributed by atoms with Crippen LogP contribution in [0.25, 0.3) is 5.69 Å². The molecule has 8 nitrogen and oxygen atoms in total. The Morgan fingerprint density at radius 2 is 2.03 bits per heavy atom. The van der Waals surface area contributed by atoms with E-state index in [2.05, 4.69) is 39.7 Å². The molecule has 2 aliphatic rings. The molecule has 0 bridgehead atoms. The minimum Gasteiger partial charge on any atom is -0.469 e. The van der Waals surface area contributed by atoms with Gasteiger partial charge in [-0.1, -0.05) is 6.07 Å². The average Bonchev–Trinajstić information content (AvgIpc) is 3.52. The van der Waals surface area contributed by atoms with Crippen molar-refractivity contribution in [1.82, 2.24) is 19.8 Å². The lowest BCUT2D eigenvalue weighted by atomic mass is 9.96. The summed E-state index contributed by atoms with van der Waals surface area (Å²) in [6, 6.07) is 13.7. The maximum atomic E-state index is 11.9. The molecule has 34 heavy (non-hydrogen) atoms. The number of pyridine rings is 1. The molecule has 0 unspecified atom stereocenters. The molecule has 1 aromatic carbocycles. The van der Waals surface area contributed by atoms with Crippen LogP contribution in [-0.4, -0.2) is 46.0 Å². The van der Waals surface area contributed by atoms with E-state index in [1.165, 1.54) is 7.11 Å². The zero-order valence-corrected chi connectivity index (χ0v) is 20.1. The van der Waals surface area contributed by atoms with Crippen molar-refractivity contribution in [3.8, 4) is 17.2 Å². The summed E-state index contributed by atoms with van der Waals surface area (Å²) < 4.78 is 18.1. The number of esters is 1. The van der Waals surface area contributed by atoms with Gasteiger partial charge in [-0.25, -0.2) is 0 Å². The molecule has 4 heterocycles. The maximum Gasteiger partial charge on any atom is 0.307 e. The molecule has 0 saturated carbocycles. The number of hydrogen-bond donors (Lipinski definition) is 1. The van der Waals surface area contributed by atoms with Crippen LogP contribution < -0.4 is 14.8 Å². The van der Waals surface area contributed by atoms with E-state index in [9.17, 15) is 4.79 Å². The van der Waals surface area contributed by atoms with Crippen molar-refractivity contribution in [3.63, 3.8) is 0 Å². The number of aromatic nitrogens is 2. The number of benzene rings is 1. The van der Waals surface area contributed by atoms with Gasteiger partial charge >= 0.3 is 5.97 Å². The van der Waals surface area contributed by atoms with E-state index in [0.29, 0.717) is 11.7 Å². The molecular weight excluding hydrogens is 452 g/mol. The minimum atomic E-state index is -0.270. The van der Waals surface area contributed by atoms with Crippen LogP contribution >= 0.6 is 12.2 Å². The van der Waals surface area contributed by atoms with Crippen LogP contribution in [0.15, 0.2) is 48.7 Å². The lowest BCUT2D eigenvalue weighted by Crippen LogP contribution is -2.32. The first-order valence-corrected chi connectivity index (χ1v) is 11.5. The highest BCUT2D eigenvalue weighted by molar-refractivity contribution is 7.80. The van der Waals surface area contributed by atoms with Gasteiger partial charge in [0.25, 0.3) is 0 Å². The molecule has 1 fully saturated rings. The molecule has 0 aliphatic carbocycles. The van der Waals surface area contributed by atoms with Crippen molar-refractivity contribution in [2.45, 2.75) is 32.4 Å². The molecule has 5 rings (SSSR count). The summed E-state index contributed by atoms with van der Waals surface area (Å²) in [4.78, 5) is 18.6. The van der Waals surface area contributed by atoms with Crippen molar-refractivity contribution in [1.29, 1.82) is 0 Å². The number of methoxy groups -OCH3 is 1. The van der Waals surface area contributed by atoms with E-state index in [4.69, 9.17) is 26.4 Å². The number of carbonyl (C=O) groups excluding carboxylic acids is 1. The molecule has 0 amide bonds. The number of hydrogen-bond acceptors (Lipinski definition) is 6. The fraction of sp³-hybridized carbons (Fsp3) is 0.320. The number of aryl methyl sites for hydroxylation is 1. The van der Waals surface area contributed by atoms with Crippen LogP contribution in [-0.2, 0) is 9.53 Å². The van der Waals surface area contributed by atoms with Crippen LogP contribution in [0.2, 0.25) is 0 Å². The largest absolute Gasteiger partial charge is 0.469 e. The number of thiocarbonyl (C=S) groups is 1. The van der Waals surface area contributed by atoms with Gasteiger partial charge < -0.3 is 29.0 Å². The summed E-state index contributed by atoms with van der Waals surface area (Å²) in [6.07, 6.45) is 2.02. The number of nitrogens with one attached hydrogen (secondary N) is 1. The second kappa shape index (κ2) is 8.98. The van der Waals surface area contributed by atoms with Crippen LogP contribution in [0.3, 0.4) is 0 Å². The van der Waals surface area contributed by atoms with Gasteiger partial charge in [-0.2, -0.15) is 0 Å². The predicted molar refractivity (Wildman–Crippen MR) is 130 cm³/mol. The number of nitrogens with zero attached hydrogens (tertiary/aromatic N) is 3. The Hall–Kier alpha value is -3.59. The SMILES string of the molecule is COC(=O)CCN1C(=S)N[C@H](c2ccccn2)[C@@H]1c1cc(C)n(-c2ccc3c(c2)OCO3)c1C. The zero-order valence-electron chi connectivity index (χ0n) is 19.3. The summed E-state index contributed by atoms with van der Waals surface area (Å²) >= 11 is 5.71. The van der Waals surface area contributed by atoms with Crippen molar-refractivity contribution >= 4 is 23.3 Å². The van der Waals surface area contributed by atoms with E-state index < -0.39 is 0 Å². The van der Waals surface area contributed by atoms with Gasteiger partial charge in [0.1, 0.15) is 0 Å². The van der Waals surface area contributed by atoms with Crippen molar-refractivity contribution < 1.29 is 19.0 Å². The Morgan fingerprint density at radius 1 is 1.21 bits per heavy atom. The number of rotatable bonds is 6. The molecule has 3 aromatic rings.